The van der Waals surface area contributed by atoms with Crippen molar-refractivity contribution in [3.63, 3.8) is 0 Å². The fourth-order valence-corrected chi connectivity index (χ4v) is 9.34. The van der Waals surface area contributed by atoms with Gasteiger partial charge < -0.3 is 0 Å². The Balaban J connectivity index is 2.57. The number of rotatable bonds is 3. The van der Waals surface area contributed by atoms with E-state index in [2.05, 4.69) is 14.8 Å². The van der Waals surface area contributed by atoms with Crippen molar-refractivity contribution in [2.24, 2.45) is 0 Å². The van der Waals surface area contributed by atoms with Crippen LogP contribution in [0, 0.1) is 0 Å². The van der Waals surface area contributed by atoms with Crippen LogP contribution >= 0.6 is 0 Å². The second kappa shape index (κ2) is 6.24. The summed E-state index contributed by atoms with van der Waals surface area (Å²) >= 11 is -1.83. The Labute approximate surface area is 110 Å². The molecule has 1 saturated carbocycles. The molecule has 102 valence electrons. The van der Waals surface area contributed by atoms with Gasteiger partial charge in [-0.2, -0.15) is 0 Å². The predicted molar refractivity (Wildman–Crippen MR) is 74.5 cm³/mol. The molecule has 0 heterocycles. The van der Waals surface area contributed by atoms with Gasteiger partial charge >= 0.3 is 111 Å². The summed E-state index contributed by atoms with van der Waals surface area (Å²) < 4.78 is 28.4. The van der Waals surface area contributed by atoms with Gasteiger partial charge in [-0.3, -0.25) is 0 Å². The van der Waals surface area contributed by atoms with Crippen LogP contribution < -0.4 is 0 Å². The van der Waals surface area contributed by atoms with Crippen molar-refractivity contribution in [1.82, 2.24) is 0 Å². The van der Waals surface area contributed by atoms with Crippen LogP contribution in [-0.4, -0.2) is 39.2 Å². The van der Waals surface area contributed by atoms with Crippen molar-refractivity contribution in [2.45, 2.75) is 63.4 Å². The zero-order valence-corrected chi connectivity index (χ0v) is 15.2. The van der Waals surface area contributed by atoms with E-state index in [9.17, 15) is 8.42 Å². The van der Waals surface area contributed by atoms with Gasteiger partial charge in [-0.05, 0) is 0 Å². The van der Waals surface area contributed by atoms with Crippen LogP contribution in [-0.2, 0) is 14.3 Å². The van der Waals surface area contributed by atoms with Crippen molar-refractivity contribution in [3.05, 3.63) is 0 Å². The Kier molecular flexibility index (Phi) is 5.79. The van der Waals surface area contributed by atoms with Gasteiger partial charge in [0.25, 0.3) is 0 Å². The summed E-state index contributed by atoms with van der Waals surface area (Å²) in [7, 11) is -3.29. The topological polar surface area (TPSA) is 43.4 Å². The molecule has 0 spiro atoms. The molecule has 0 aromatic rings. The molecule has 0 bridgehead atoms. The first-order chi connectivity index (χ1) is 7.68. The molecule has 2 unspecified atom stereocenters. The van der Waals surface area contributed by atoms with Gasteiger partial charge in [0.1, 0.15) is 0 Å². The van der Waals surface area contributed by atoms with Crippen LogP contribution in [0.2, 0.25) is 18.8 Å². The maximum absolute atomic E-state index is 11.2. The summed E-state index contributed by atoms with van der Waals surface area (Å²) in [6.07, 6.45) is 7.78. The van der Waals surface area contributed by atoms with Crippen molar-refractivity contribution in [1.29, 1.82) is 0 Å². The van der Waals surface area contributed by atoms with Gasteiger partial charge in [0.05, 0.1) is 0 Å². The molecule has 1 rings (SSSR count). The van der Waals surface area contributed by atoms with E-state index in [1.54, 1.807) is 0 Å². The molecule has 0 aromatic heterocycles. The van der Waals surface area contributed by atoms with Crippen LogP contribution in [0.4, 0.5) is 0 Å². The molecule has 1 fully saturated rings. The van der Waals surface area contributed by atoms with Crippen molar-refractivity contribution >= 4 is 28.5 Å². The summed E-state index contributed by atoms with van der Waals surface area (Å²) in [6, 6.07) is 0. The molecule has 0 radical (unpaired) electrons. The summed E-state index contributed by atoms with van der Waals surface area (Å²) in [5.41, 5.74) is 0. The van der Waals surface area contributed by atoms with Gasteiger partial charge in [0.2, 0.25) is 0 Å². The Bertz CT molecular complexity index is 332. The Morgan fingerprint density at radius 2 is 1.59 bits per heavy atom. The molecular formula is C12H26O3SSn. The third-order valence-corrected chi connectivity index (χ3v) is 13.0. The molecule has 1 aliphatic carbocycles. The van der Waals surface area contributed by atoms with E-state index in [-0.39, 0.29) is 6.10 Å². The first kappa shape index (κ1) is 15.8. The Hall–Kier alpha value is 0.709. The first-order valence-electron chi connectivity index (χ1n) is 6.57. The van der Waals surface area contributed by atoms with Crippen LogP contribution in [0.5, 0.6) is 0 Å². The van der Waals surface area contributed by atoms with Crippen molar-refractivity contribution in [2.75, 3.05) is 6.26 Å². The molecule has 17 heavy (non-hydrogen) atoms. The Morgan fingerprint density at radius 3 is 2.12 bits per heavy atom. The molecule has 0 amide bonds. The zero-order chi connectivity index (χ0) is 13.1. The molecule has 0 saturated heterocycles. The normalized spacial score (nSPS) is 28.5. The minimum atomic E-state index is -3.29. The first-order valence-corrected chi connectivity index (χ1v) is 18.6. The Morgan fingerprint density at radius 1 is 1.00 bits per heavy atom. The SMILES string of the molecule is CS(=O)(=O)OC1CCCC[CH]([Sn]([CH3])([CH3])[CH3])CC1. The fraction of sp³-hybridized carbons (Fsp3) is 1.00. The number of hydrogen-bond donors (Lipinski definition) is 0. The molecule has 3 nitrogen and oxygen atoms in total. The third-order valence-electron chi connectivity index (χ3n) is 3.70. The van der Waals surface area contributed by atoms with E-state index < -0.39 is 28.5 Å². The molecule has 2 atom stereocenters. The second-order valence-corrected chi connectivity index (χ2v) is 23.8. The van der Waals surface area contributed by atoms with E-state index in [1.807, 2.05) is 0 Å². The molecule has 0 N–H and O–H groups in total. The van der Waals surface area contributed by atoms with E-state index in [0.717, 1.165) is 29.5 Å². The average molecular weight is 369 g/mol. The van der Waals surface area contributed by atoms with E-state index in [4.69, 9.17) is 4.18 Å². The fourth-order valence-electron chi connectivity index (χ4n) is 2.65. The van der Waals surface area contributed by atoms with E-state index in [0.29, 0.717) is 0 Å². The maximum atomic E-state index is 11.2. The van der Waals surface area contributed by atoms with Gasteiger partial charge in [-0.25, -0.2) is 0 Å². The van der Waals surface area contributed by atoms with E-state index >= 15 is 0 Å². The molecule has 5 heteroatoms. The zero-order valence-electron chi connectivity index (χ0n) is 11.5. The van der Waals surface area contributed by atoms with Crippen LogP contribution in [0.15, 0.2) is 0 Å². The van der Waals surface area contributed by atoms with E-state index in [1.165, 1.54) is 19.3 Å². The van der Waals surface area contributed by atoms with Gasteiger partial charge in [-0.1, -0.05) is 0 Å². The minimum absolute atomic E-state index is 0.0681. The van der Waals surface area contributed by atoms with Crippen LogP contribution in [0.3, 0.4) is 0 Å². The molecule has 0 aliphatic heterocycles. The standard InChI is InChI=1S/C9H17O3S.3CH3.Sn/c1-13(10,11)12-9-7-5-3-2-4-6-8-9;;;;/h3,9H,2,4-8H2,1H3;3*1H3;. The van der Waals surface area contributed by atoms with Gasteiger partial charge in [0, 0.05) is 0 Å². The van der Waals surface area contributed by atoms with Gasteiger partial charge in [0.15, 0.2) is 0 Å². The summed E-state index contributed by atoms with van der Waals surface area (Å²) in [5, 5.41) is 0. The van der Waals surface area contributed by atoms with Crippen molar-refractivity contribution in [3.8, 4) is 0 Å². The summed E-state index contributed by atoms with van der Waals surface area (Å²) in [5.74, 6) is 0. The molecule has 1 aliphatic rings. The monoisotopic (exact) mass is 370 g/mol. The quantitative estimate of drug-likeness (QED) is 0.566. The van der Waals surface area contributed by atoms with Crippen LogP contribution in [0.25, 0.3) is 0 Å². The average Bonchev–Trinajstić information content (AvgIpc) is 2.05. The van der Waals surface area contributed by atoms with Crippen molar-refractivity contribution < 1.29 is 12.6 Å². The molecule has 0 aromatic carbocycles. The molecular weight excluding hydrogens is 343 g/mol. The summed E-state index contributed by atoms with van der Waals surface area (Å²) in [6.45, 7) is 0. The second-order valence-electron chi connectivity index (χ2n) is 6.35. The number of hydrogen-bond acceptors (Lipinski definition) is 3. The van der Waals surface area contributed by atoms with Crippen LogP contribution in [0.1, 0.15) is 38.5 Å². The van der Waals surface area contributed by atoms with Gasteiger partial charge in [-0.15, -0.1) is 0 Å². The third kappa shape index (κ3) is 6.43. The summed E-state index contributed by atoms with van der Waals surface area (Å²) in [4.78, 5) is 7.44. The predicted octanol–water partition coefficient (Wildman–Crippen LogP) is 3.39.